The smallest absolute Gasteiger partial charge is 0.183 e. The molecule has 0 saturated carbocycles. The summed E-state index contributed by atoms with van der Waals surface area (Å²) in [6.45, 7) is 0. The Morgan fingerprint density at radius 2 is 1.94 bits per heavy atom. The third-order valence-electron chi connectivity index (χ3n) is 2.15. The molecular weight excluding hydrogens is 273 g/mol. The summed E-state index contributed by atoms with van der Waals surface area (Å²) in [5.41, 5.74) is 6.26. The number of nitrogen functional groups attached to an aromatic ring is 1. The molecule has 0 bridgehead atoms. The molecule has 0 unspecified atom stereocenters. The molecule has 0 aliphatic heterocycles. The summed E-state index contributed by atoms with van der Waals surface area (Å²) in [7, 11) is 0. The number of hydrogen-bond acceptors (Lipinski definition) is 4. The Morgan fingerprint density at radius 1 is 1.22 bits per heavy atom. The summed E-state index contributed by atoms with van der Waals surface area (Å²) < 4.78 is 5.51. The molecular formula is C12H7Cl2N3O. The zero-order chi connectivity index (χ0) is 13.1. The highest BCUT2D eigenvalue weighted by atomic mass is 35.5. The largest absolute Gasteiger partial charge is 0.452 e. The van der Waals surface area contributed by atoms with Crippen LogP contribution >= 0.6 is 23.2 Å². The monoisotopic (exact) mass is 279 g/mol. The van der Waals surface area contributed by atoms with Gasteiger partial charge in [-0.15, -0.1) is 0 Å². The van der Waals surface area contributed by atoms with Crippen LogP contribution in [0.4, 0.5) is 5.69 Å². The van der Waals surface area contributed by atoms with Crippen LogP contribution in [0.1, 0.15) is 5.69 Å². The van der Waals surface area contributed by atoms with Crippen molar-refractivity contribution in [2.75, 3.05) is 5.73 Å². The summed E-state index contributed by atoms with van der Waals surface area (Å²) >= 11 is 11.7. The van der Waals surface area contributed by atoms with Gasteiger partial charge in [0.2, 0.25) is 0 Å². The van der Waals surface area contributed by atoms with Gasteiger partial charge in [-0.3, -0.25) is 0 Å². The number of aromatic nitrogens is 1. The van der Waals surface area contributed by atoms with Gasteiger partial charge in [0.15, 0.2) is 17.2 Å². The molecule has 0 radical (unpaired) electrons. The average Bonchev–Trinajstić information content (AvgIpc) is 2.36. The second-order valence-electron chi connectivity index (χ2n) is 3.37. The van der Waals surface area contributed by atoms with E-state index in [4.69, 9.17) is 38.9 Å². The van der Waals surface area contributed by atoms with Crippen LogP contribution in [-0.2, 0) is 0 Å². The van der Waals surface area contributed by atoms with Gasteiger partial charge in [0, 0.05) is 12.3 Å². The predicted molar refractivity (Wildman–Crippen MR) is 69.9 cm³/mol. The number of nitriles is 1. The van der Waals surface area contributed by atoms with Crippen molar-refractivity contribution in [2.24, 2.45) is 0 Å². The Morgan fingerprint density at radius 3 is 2.67 bits per heavy atom. The van der Waals surface area contributed by atoms with Gasteiger partial charge in [0.1, 0.15) is 6.07 Å². The molecule has 0 spiro atoms. The van der Waals surface area contributed by atoms with Gasteiger partial charge in [-0.2, -0.15) is 5.26 Å². The Kier molecular flexibility index (Phi) is 3.56. The summed E-state index contributed by atoms with van der Waals surface area (Å²) in [6, 6.07) is 8.18. The topological polar surface area (TPSA) is 71.9 Å². The van der Waals surface area contributed by atoms with E-state index in [0.717, 1.165) is 0 Å². The van der Waals surface area contributed by atoms with Crippen LogP contribution in [0.2, 0.25) is 10.0 Å². The van der Waals surface area contributed by atoms with Crippen LogP contribution in [0, 0.1) is 11.3 Å². The first kappa shape index (κ1) is 12.5. The van der Waals surface area contributed by atoms with Crippen LogP contribution in [0.25, 0.3) is 0 Å². The molecule has 2 N–H and O–H groups in total. The van der Waals surface area contributed by atoms with Crippen molar-refractivity contribution in [2.45, 2.75) is 0 Å². The van der Waals surface area contributed by atoms with Crippen molar-refractivity contribution in [1.82, 2.24) is 4.98 Å². The summed E-state index contributed by atoms with van der Waals surface area (Å²) in [5, 5.41) is 9.56. The lowest BCUT2D eigenvalue weighted by molar-refractivity contribution is 0.481. The van der Waals surface area contributed by atoms with Crippen LogP contribution in [0.15, 0.2) is 30.5 Å². The minimum Gasteiger partial charge on any atom is -0.452 e. The van der Waals surface area contributed by atoms with E-state index in [1.807, 2.05) is 6.07 Å². The molecule has 0 saturated heterocycles. The van der Waals surface area contributed by atoms with E-state index in [-0.39, 0.29) is 5.69 Å². The molecule has 0 amide bonds. The van der Waals surface area contributed by atoms with Gasteiger partial charge in [-0.1, -0.05) is 23.2 Å². The second-order valence-corrected chi connectivity index (χ2v) is 4.18. The van der Waals surface area contributed by atoms with Gasteiger partial charge in [0.25, 0.3) is 0 Å². The zero-order valence-corrected chi connectivity index (χ0v) is 10.5. The fraction of sp³-hybridized carbons (Fsp3) is 0. The minimum absolute atomic E-state index is 0.169. The summed E-state index contributed by atoms with van der Waals surface area (Å²) in [6.07, 6.45) is 1.50. The van der Waals surface area contributed by atoms with E-state index in [1.165, 1.54) is 18.3 Å². The van der Waals surface area contributed by atoms with Crippen LogP contribution < -0.4 is 10.5 Å². The molecule has 2 aromatic rings. The molecule has 0 aliphatic rings. The van der Waals surface area contributed by atoms with Gasteiger partial charge < -0.3 is 10.5 Å². The van der Waals surface area contributed by atoms with Crippen molar-refractivity contribution in [3.05, 3.63) is 46.2 Å². The minimum atomic E-state index is 0.169. The first-order valence-electron chi connectivity index (χ1n) is 4.89. The molecule has 0 aliphatic carbocycles. The molecule has 4 nitrogen and oxygen atoms in total. The zero-order valence-electron chi connectivity index (χ0n) is 9.02. The number of rotatable bonds is 2. The highest BCUT2D eigenvalue weighted by Crippen LogP contribution is 2.35. The van der Waals surface area contributed by atoms with Crippen molar-refractivity contribution in [3.8, 4) is 17.6 Å². The maximum atomic E-state index is 8.89. The molecule has 0 fully saturated rings. The standard InChI is InChI=1S/C12H7Cl2N3O/c13-7-4-9(16)12(5-8(7)14)18-11-2-1-3-17-10(11)6-15/h1-5H,16H2. The lowest BCUT2D eigenvalue weighted by Crippen LogP contribution is -1.95. The molecule has 18 heavy (non-hydrogen) atoms. The van der Waals surface area contributed by atoms with E-state index in [1.54, 1.807) is 12.1 Å². The Hall–Kier alpha value is -1.96. The second kappa shape index (κ2) is 5.13. The van der Waals surface area contributed by atoms with Crippen molar-refractivity contribution in [1.29, 1.82) is 5.26 Å². The summed E-state index contributed by atoms with van der Waals surface area (Å²) in [4.78, 5) is 3.88. The lowest BCUT2D eigenvalue weighted by atomic mass is 10.3. The first-order chi connectivity index (χ1) is 8.61. The Bertz CT molecular complexity index is 638. The van der Waals surface area contributed by atoms with Crippen molar-refractivity contribution >= 4 is 28.9 Å². The third-order valence-corrected chi connectivity index (χ3v) is 2.87. The van der Waals surface area contributed by atoms with Crippen molar-refractivity contribution in [3.63, 3.8) is 0 Å². The molecule has 90 valence electrons. The average molecular weight is 280 g/mol. The number of anilines is 1. The maximum absolute atomic E-state index is 8.89. The number of pyridine rings is 1. The summed E-state index contributed by atoms with van der Waals surface area (Å²) in [5.74, 6) is 0.638. The van der Waals surface area contributed by atoms with Gasteiger partial charge in [-0.05, 0) is 18.2 Å². The van der Waals surface area contributed by atoms with Gasteiger partial charge >= 0.3 is 0 Å². The van der Waals surface area contributed by atoms with E-state index in [2.05, 4.69) is 4.98 Å². The maximum Gasteiger partial charge on any atom is 0.183 e. The Labute approximate surface area is 114 Å². The van der Waals surface area contributed by atoms with Crippen LogP contribution in [-0.4, -0.2) is 4.98 Å². The normalized spacial score (nSPS) is 9.83. The Balaban J connectivity index is 2.41. The molecule has 0 atom stereocenters. The quantitative estimate of drug-likeness (QED) is 0.852. The number of nitrogens with zero attached hydrogens (tertiary/aromatic N) is 2. The van der Waals surface area contributed by atoms with Gasteiger partial charge in [-0.25, -0.2) is 4.98 Å². The van der Waals surface area contributed by atoms with Crippen LogP contribution in [0.3, 0.4) is 0 Å². The third kappa shape index (κ3) is 2.48. The van der Waals surface area contributed by atoms with E-state index in [0.29, 0.717) is 27.2 Å². The predicted octanol–water partition coefficient (Wildman–Crippen LogP) is 3.63. The molecule has 1 aromatic carbocycles. The lowest BCUT2D eigenvalue weighted by Gasteiger charge is -2.10. The number of benzene rings is 1. The number of hydrogen-bond donors (Lipinski definition) is 1. The highest BCUT2D eigenvalue weighted by molar-refractivity contribution is 6.42. The van der Waals surface area contributed by atoms with Crippen molar-refractivity contribution < 1.29 is 4.74 Å². The fourth-order valence-electron chi connectivity index (χ4n) is 1.31. The van der Waals surface area contributed by atoms with E-state index < -0.39 is 0 Å². The molecule has 6 heteroatoms. The van der Waals surface area contributed by atoms with Crippen LogP contribution in [0.5, 0.6) is 11.5 Å². The van der Waals surface area contributed by atoms with E-state index in [9.17, 15) is 0 Å². The SMILES string of the molecule is N#Cc1ncccc1Oc1cc(Cl)c(Cl)cc1N. The fourth-order valence-corrected chi connectivity index (χ4v) is 1.63. The highest BCUT2D eigenvalue weighted by Gasteiger charge is 2.10. The number of ether oxygens (including phenoxy) is 1. The molecule has 2 rings (SSSR count). The van der Waals surface area contributed by atoms with E-state index >= 15 is 0 Å². The first-order valence-corrected chi connectivity index (χ1v) is 5.65. The molecule has 1 heterocycles. The number of nitrogens with two attached hydrogens (primary N) is 1. The number of halogens is 2. The molecule has 1 aromatic heterocycles. The van der Waals surface area contributed by atoms with Gasteiger partial charge in [0.05, 0.1) is 15.7 Å².